The average molecular weight is 237 g/mol. The molecule has 88 valence electrons. The molecule has 2 N–H and O–H groups in total. The molecule has 0 bridgehead atoms. The Bertz CT molecular complexity index is 715. The van der Waals surface area contributed by atoms with E-state index in [2.05, 4.69) is 9.97 Å². The first kappa shape index (κ1) is 10.9. The van der Waals surface area contributed by atoms with E-state index in [1.165, 1.54) is 19.2 Å². The van der Waals surface area contributed by atoms with Gasteiger partial charge in [-0.2, -0.15) is 0 Å². The van der Waals surface area contributed by atoms with E-state index in [0.29, 0.717) is 0 Å². The van der Waals surface area contributed by atoms with Crippen molar-refractivity contribution < 1.29 is 9.66 Å². The summed E-state index contributed by atoms with van der Waals surface area (Å²) in [7, 11) is 1.24. The summed E-state index contributed by atoms with van der Waals surface area (Å²) in [4.78, 5) is 36.9. The fraction of sp³-hybridized carbons (Fsp3) is 0.111. The Kier molecular flexibility index (Phi) is 2.39. The van der Waals surface area contributed by atoms with Gasteiger partial charge in [0.05, 0.1) is 17.5 Å². The maximum atomic E-state index is 11.2. The van der Waals surface area contributed by atoms with E-state index in [9.17, 15) is 19.7 Å². The second kappa shape index (κ2) is 3.74. The zero-order valence-corrected chi connectivity index (χ0v) is 8.64. The van der Waals surface area contributed by atoms with E-state index in [1.807, 2.05) is 0 Å². The van der Waals surface area contributed by atoms with Gasteiger partial charge in [-0.3, -0.25) is 19.7 Å². The Morgan fingerprint density at radius 2 is 1.88 bits per heavy atom. The predicted molar refractivity (Wildman–Crippen MR) is 58.4 cm³/mol. The van der Waals surface area contributed by atoms with Crippen molar-refractivity contribution in [2.24, 2.45) is 0 Å². The summed E-state index contributed by atoms with van der Waals surface area (Å²) in [6.07, 6.45) is 0. The molecule has 0 saturated heterocycles. The third-order valence-electron chi connectivity index (χ3n) is 2.23. The van der Waals surface area contributed by atoms with Gasteiger partial charge < -0.3 is 14.7 Å². The van der Waals surface area contributed by atoms with Gasteiger partial charge in [0.2, 0.25) is 5.75 Å². The zero-order valence-electron chi connectivity index (χ0n) is 8.64. The molecule has 8 nitrogen and oxygen atoms in total. The molecule has 2 aromatic rings. The molecular formula is C9H7N3O5. The number of nitro groups is 1. The number of ether oxygens (including phenoxy) is 1. The van der Waals surface area contributed by atoms with Crippen molar-refractivity contribution in [1.82, 2.24) is 9.97 Å². The van der Waals surface area contributed by atoms with Gasteiger partial charge in [0.1, 0.15) is 5.52 Å². The lowest BCUT2D eigenvalue weighted by Crippen LogP contribution is -2.29. The Balaban J connectivity index is 2.95. The molecule has 2 rings (SSSR count). The Morgan fingerprint density at radius 3 is 2.47 bits per heavy atom. The van der Waals surface area contributed by atoms with Gasteiger partial charge in [-0.25, -0.2) is 0 Å². The minimum absolute atomic E-state index is 0.0892. The molecule has 0 radical (unpaired) electrons. The molecule has 0 saturated carbocycles. The molecule has 0 aliphatic rings. The summed E-state index contributed by atoms with van der Waals surface area (Å²) in [5, 5.41) is 10.7. The minimum atomic E-state index is -0.892. The maximum absolute atomic E-state index is 11.2. The van der Waals surface area contributed by atoms with E-state index in [1.54, 1.807) is 0 Å². The third kappa shape index (κ3) is 1.65. The molecular weight excluding hydrogens is 230 g/mol. The molecule has 0 aliphatic carbocycles. The number of nitro benzene ring substituents is 1. The van der Waals surface area contributed by atoms with Crippen LogP contribution in [0.2, 0.25) is 0 Å². The van der Waals surface area contributed by atoms with E-state index >= 15 is 0 Å². The van der Waals surface area contributed by atoms with Crippen molar-refractivity contribution in [2.75, 3.05) is 7.11 Å². The number of hydrogen-bond acceptors (Lipinski definition) is 5. The van der Waals surface area contributed by atoms with Crippen LogP contribution in [0.5, 0.6) is 5.75 Å². The fourth-order valence-electron chi connectivity index (χ4n) is 1.50. The number of H-pyrrole nitrogens is 2. The van der Waals surface area contributed by atoms with Crippen molar-refractivity contribution in [3.05, 3.63) is 43.0 Å². The smallest absolute Gasteiger partial charge is 0.314 e. The molecule has 0 aliphatic heterocycles. The predicted octanol–water partition coefficient (Wildman–Crippen LogP) is 0.133. The van der Waals surface area contributed by atoms with Crippen LogP contribution in [-0.2, 0) is 0 Å². The number of rotatable bonds is 2. The lowest BCUT2D eigenvalue weighted by Gasteiger charge is -2.04. The highest BCUT2D eigenvalue weighted by Crippen LogP contribution is 2.31. The first-order valence-electron chi connectivity index (χ1n) is 4.52. The van der Waals surface area contributed by atoms with Crippen molar-refractivity contribution in [3.8, 4) is 5.75 Å². The highest BCUT2D eigenvalue weighted by molar-refractivity contribution is 5.85. The zero-order chi connectivity index (χ0) is 12.6. The van der Waals surface area contributed by atoms with Crippen LogP contribution in [-0.4, -0.2) is 22.0 Å². The SMILES string of the molecule is COc1c([N+](=O)[O-])ccc2[nH]c(=O)c(=O)[nH]c12. The summed E-state index contributed by atoms with van der Waals surface area (Å²) >= 11 is 0. The molecule has 1 aromatic carbocycles. The van der Waals surface area contributed by atoms with Gasteiger partial charge >= 0.3 is 16.8 Å². The van der Waals surface area contributed by atoms with Crippen LogP contribution in [0.1, 0.15) is 0 Å². The van der Waals surface area contributed by atoms with Crippen molar-refractivity contribution in [2.45, 2.75) is 0 Å². The molecule has 1 heterocycles. The van der Waals surface area contributed by atoms with Crippen LogP contribution >= 0.6 is 0 Å². The highest BCUT2D eigenvalue weighted by Gasteiger charge is 2.18. The van der Waals surface area contributed by atoms with Gasteiger partial charge in [-0.05, 0) is 6.07 Å². The summed E-state index contributed by atoms with van der Waals surface area (Å²) in [6, 6.07) is 2.52. The lowest BCUT2D eigenvalue weighted by molar-refractivity contribution is -0.385. The van der Waals surface area contributed by atoms with Crippen molar-refractivity contribution in [3.63, 3.8) is 0 Å². The third-order valence-corrected chi connectivity index (χ3v) is 2.23. The fourth-order valence-corrected chi connectivity index (χ4v) is 1.50. The number of aromatic nitrogens is 2. The van der Waals surface area contributed by atoms with E-state index < -0.39 is 16.0 Å². The van der Waals surface area contributed by atoms with Gasteiger partial charge in [0.15, 0.2) is 0 Å². The van der Waals surface area contributed by atoms with E-state index in [0.717, 1.165) is 0 Å². The van der Waals surface area contributed by atoms with Crippen LogP contribution in [0, 0.1) is 10.1 Å². The van der Waals surface area contributed by atoms with E-state index in [-0.39, 0.29) is 22.5 Å². The molecule has 1 aromatic heterocycles. The summed E-state index contributed by atoms with van der Waals surface area (Å²) < 4.78 is 4.88. The van der Waals surface area contributed by atoms with Gasteiger partial charge in [-0.1, -0.05) is 0 Å². The first-order chi connectivity index (χ1) is 8.04. The number of fused-ring (bicyclic) bond motifs is 1. The van der Waals surface area contributed by atoms with Crippen molar-refractivity contribution >= 4 is 16.7 Å². The van der Waals surface area contributed by atoms with Crippen LogP contribution in [0.4, 0.5) is 5.69 Å². The molecule has 8 heteroatoms. The number of methoxy groups -OCH3 is 1. The minimum Gasteiger partial charge on any atom is -0.489 e. The van der Waals surface area contributed by atoms with Crippen LogP contribution < -0.4 is 15.9 Å². The molecule has 0 atom stereocenters. The van der Waals surface area contributed by atoms with Gasteiger partial charge in [0, 0.05) is 6.07 Å². The highest BCUT2D eigenvalue weighted by atomic mass is 16.6. The average Bonchev–Trinajstić information content (AvgIpc) is 2.29. The van der Waals surface area contributed by atoms with Gasteiger partial charge in [-0.15, -0.1) is 0 Å². The summed E-state index contributed by atoms with van der Waals surface area (Å²) in [6.45, 7) is 0. The number of nitrogens with zero attached hydrogens (tertiary/aromatic N) is 1. The standard InChI is InChI=1S/C9H7N3O5/c1-17-7-5(12(15)16)3-2-4-6(7)11-9(14)8(13)10-4/h2-3H,1H3,(H,10,13)(H,11,14). The Labute approximate surface area is 93.0 Å². The number of hydrogen-bond donors (Lipinski definition) is 2. The van der Waals surface area contributed by atoms with E-state index in [4.69, 9.17) is 4.74 Å². The molecule has 0 amide bonds. The first-order valence-corrected chi connectivity index (χ1v) is 4.52. The second-order valence-corrected chi connectivity index (χ2v) is 3.21. The topological polar surface area (TPSA) is 118 Å². The van der Waals surface area contributed by atoms with Crippen LogP contribution in [0.25, 0.3) is 11.0 Å². The summed E-state index contributed by atoms with van der Waals surface area (Å²) in [5.41, 5.74) is -1.66. The largest absolute Gasteiger partial charge is 0.489 e. The number of benzene rings is 1. The molecule has 0 fully saturated rings. The second-order valence-electron chi connectivity index (χ2n) is 3.21. The molecule has 0 spiro atoms. The van der Waals surface area contributed by atoms with Crippen molar-refractivity contribution in [1.29, 1.82) is 0 Å². The Morgan fingerprint density at radius 1 is 1.24 bits per heavy atom. The summed E-state index contributed by atoms with van der Waals surface area (Å²) in [5.74, 6) is -0.0964. The Hall–Kier alpha value is -2.64. The normalized spacial score (nSPS) is 10.4. The lowest BCUT2D eigenvalue weighted by atomic mass is 10.2. The monoisotopic (exact) mass is 237 g/mol. The van der Waals surface area contributed by atoms with Crippen LogP contribution in [0.3, 0.4) is 0 Å². The number of aromatic amines is 2. The quantitative estimate of drug-likeness (QED) is 0.437. The maximum Gasteiger partial charge on any atom is 0.314 e. The molecule has 0 unspecified atom stereocenters. The number of nitrogens with one attached hydrogen (secondary N) is 2. The van der Waals surface area contributed by atoms with Crippen LogP contribution in [0.15, 0.2) is 21.7 Å². The van der Waals surface area contributed by atoms with Gasteiger partial charge in [0.25, 0.3) is 0 Å². The molecule has 17 heavy (non-hydrogen) atoms.